The minimum atomic E-state index is -0.0210. The molecule has 0 fully saturated rings. The molecule has 1 heterocycles. The summed E-state index contributed by atoms with van der Waals surface area (Å²) in [5, 5.41) is 25.1. The first-order valence-corrected chi connectivity index (χ1v) is 4.96. The Labute approximate surface area is 102 Å². The van der Waals surface area contributed by atoms with Gasteiger partial charge >= 0.3 is 0 Å². The average Bonchev–Trinajstić information content (AvgIpc) is 2.91. The number of benzene rings is 1. The van der Waals surface area contributed by atoms with E-state index in [4.69, 9.17) is 10.00 Å². The molecule has 0 amide bonds. The van der Waals surface area contributed by atoms with Gasteiger partial charge in [0.2, 0.25) is 0 Å². The van der Waals surface area contributed by atoms with Crippen molar-refractivity contribution in [3.63, 3.8) is 0 Å². The van der Waals surface area contributed by atoms with Crippen LogP contribution in [-0.4, -0.2) is 33.4 Å². The Morgan fingerprint density at radius 3 is 3.17 bits per heavy atom. The molecule has 0 bridgehead atoms. The van der Waals surface area contributed by atoms with Crippen LogP contribution in [0, 0.1) is 11.3 Å². The van der Waals surface area contributed by atoms with Crippen LogP contribution >= 0.6 is 0 Å². The molecule has 0 aliphatic carbocycles. The summed E-state index contributed by atoms with van der Waals surface area (Å²) in [5.41, 5.74) is 4.42. The maximum Gasteiger partial charge on any atom is 0.174 e. The highest BCUT2D eigenvalue weighted by Gasteiger charge is 1.98. The number of H-pyrrole nitrogens is 1. The van der Waals surface area contributed by atoms with Gasteiger partial charge in [-0.2, -0.15) is 5.26 Å². The second-order valence-electron chi connectivity index (χ2n) is 3.04. The van der Waals surface area contributed by atoms with E-state index >= 15 is 0 Å². The van der Waals surface area contributed by atoms with Crippen molar-refractivity contribution in [2.75, 3.05) is 6.61 Å². The summed E-state index contributed by atoms with van der Waals surface area (Å²) >= 11 is 0. The predicted molar refractivity (Wildman–Crippen MR) is 62.3 cm³/mol. The fourth-order valence-corrected chi connectivity index (χ4v) is 1.17. The van der Waals surface area contributed by atoms with E-state index in [1.165, 1.54) is 6.21 Å². The van der Waals surface area contributed by atoms with E-state index in [0.717, 1.165) is 0 Å². The lowest BCUT2D eigenvalue weighted by Crippen LogP contribution is -1.96. The molecule has 0 aliphatic rings. The van der Waals surface area contributed by atoms with Crippen LogP contribution in [-0.2, 0) is 0 Å². The largest absolute Gasteiger partial charge is 0.478 e. The molecule has 0 aliphatic heterocycles. The van der Waals surface area contributed by atoms with Gasteiger partial charge in [-0.05, 0) is 12.1 Å². The number of aromatic amines is 1. The fraction of sp³-hybridized carbons (Fsp3) is 0.100. The third-order valence-corrected chi connectivity index (χ3v) is 1.89. The molecule has 1 aromatic carbocycles. The maximum absolute atomic E-state index is 8.47. The Morgan fingerprint density at radius 1 is 1.50 bits per heavy atom. The first-order valence-electron chi connectivity index (χ1n) is 4.96. The summed E-state index contributed by atoms with van der Waals surface area (Å²) in [6.45, 7) is -0.0210. The molecule has 1 N–H and O–H groups in total. The monoisotopic (exact) mass is 242 g/mol. The van der Waals surface area contributed by atoms with Crippen LogP contribution in [0.3, 0.4) is 0 Å². The average molecular weight is 242 g/mol. The number of ether oxygens (including phenoxy) is 1. The highest BCUT2D eigenvalue weighted by Crippen LogP contribution is 2.16. The molecule has 18 heavy (non-hydrogen) atoms. The molecule has 8 nitrogen and oxygen atoms in total. The van der Waals surface area contributed by atoms with Crippen LogP contribution in [0.25, 0.3) is 5.43 Å². The SMILES string of the molecule is N#CCOc1ccccc1C=N[N-]c1nn[nH]n1. The molecule has 2 rings (SSSR count). The van der Waals surface area contributed by atoms with E-state index in [9.17, 15) is 0 Å². The van der Waals surface area contributed by atoms with Crippen molar-refractivity contribution in [3.8, 4) is 11.8 Å². The summed E-state index contributed by atoms with van der Waals surface area (Å²) in [7, 11) is 0. The normalized spacial score (nSPS) is 10.2. The highest BCUT2D eigenvalue weighted by molar-refractivity contribution is 5.84. The van der Waals surface area contributed by atoms with Gasteiger partial charge in [0.15, 0.2) is 6.61 Å². The summed E-state index contributed by atoms with van der Waals surface area (Å²) in [6.07, 6.45) is 1.49. The lowest BCUT2D eigenvalue weighted by Gasteiger charge is -2.05. The molecule has 0 saturated heterocycles. The van der Waals surface area contributed by atoms with Crippen LogP contribution in [0.5, 0.6) is 5.75 Å². The molecule has 1 aromatic heterocycles. The lowest BCUT2D eigenvalue weighted by molar-refractivity contribution is 0.367. The van der Waals surface area contributed by atoms with E-state index in [1.54, 1.807) is 18.2 Å². The lowest BCUT2D eigenvalue weighted by atomic mass is 10.2. The topological polar surface area (TPSA) is 114 Å². The van der Waals surface area contributed by atoms with Crippen molar-refractivity contribution in [2.24, 2.45) is 5.10 Å². The van der Waals surface area contributed by atoms with Gasteiger partial charge in [0.05, 0.1) is 5.95 Å². The van der Waals surface area contributed by atoms with Gasteiger partial charge in [-0.1, -0.05) is 12.1 Å². The minimum absolute atomic E-state index is 0.0210. The van der Waals surface area contributed by atoms with Crippen LogP contribution in [0.2, 0.25) is 0 Å². The van der Waals surface area contributed by atoms with Gasteiger partial charge in [0.1, 0.15) is 11.8 Å². The Kier molecular flexibility index (Phi) is 3.81. The van der Waals surface area contributed by atoms with Crippen LogP contribution < -0.4 is 4.74 Å². The van der Waals surface area contributed by atoms with Crippen molar-refractivity contribution in [1.29, 1.82) is 5.26 Å². The molecule has 90 valence electrons. The molecule has 0 spiro atoms. The van der Waals surface area contributed by atoms with Crippen LogP contribution in [0.1, 0.15) is 5.56 Å². The third kappa shape index (κ3) is 3.02. The van der Waals surface area contributed by atoms with Gasteiger partial charge in [-0.25, -0.2) is 5.10 Å². The molecule has 0 unspecified atom stereocenters. The van der Waals surface area contributed by atoms with Crippen molar-refractivity contribution in [2.45, 2.75) is 0 Å². The first-order chi connectivity index (χ1) is 8.90. The highest BCUT2D eigenvalue weighted by atomic mass is 16.5. The van der Waals surface area contributed by atoms with Gasteiger partial charge in [0, 0.05) is 11.8 Å². The van der Waals surface area contributed by atoms with Crippen molar-refractivity contribution < 1.29 is 4.74 Å². The smallest absolute Gasteiger partial charge is 0.174 e. The molecule has 0 atom stereocenters. The van der Waals surface area contributed by atoms with E-state index in [2.05, 4.69) is 31.2 Å². The van der Waals surface area contributed by atoms with Crippen molar-refractivity contribution >= 4 is 12.2 Å². The maximum atomic E-state index is 8.47. The Morgan fingerprint density at radius 2 is 2.39 bits per heavy atom. The minimum Gasteiger partial charge on any atom is -0.478 e. The second kappa shape index (κ2) is 5.95. The van der Waals surface area contributed by atoms with E-state index in [-0.39, 0.29) is 12.6 Å². The summed E-state index contributed by atoms with van der Waals surface area (Å²) in [4.78, 5) is 0. The second-order valence-corrected chi connectivity index (χ2v) is 3.04. The molecular formula is C10H8N7O-. The van der Waals surface area contributed by atoms with Crippen molar-refractivity contribution in [3.05, 3.63) is 35.3 Å². The van der Waals surface area contributed by atoms with Crippen LogP contribution in [0.4, 0.5) is 5.95 Å². The van der Waals surface area contributed by atoms with Gasteiger partial charge in [0.25, 0.3) is 0 Å². The zero-order chi connectivity index (χ0) is 12.6. The molecule has 0 saturated carbocycles. The van der Waals surface area contributed by atoms with E-state index < -0.39 is 0 Å². The third-order valence-electron chi connectivity index (χ3n) is 1.89. The number of nitriles is 1. The Balaban J connectivity index is 2.04. The zero-order valence-corrected chi connectivity index (χ0v) is 9.19. The zero-order valence-electron chi connectivity index (χ0n) is 9.19. The standard InChI is InChI=1S/C10H8N7O/c11-5-6-18-9-4-2-1-3-8(9)7-12-13-10-14-16-17-15-10/h1-4,7H,6H2,(H-,13,14,15,16,17)/q-1. The van der Waals surface area contributed by atoms with Crippen LogP contribution in [0.15, 0.2) is 29.4 Å². The number of hydrogen-bond acceptors (Lipinski definition) is 6. The van der Waals surface area contributed by atoms with Crippen molar-refractivity contribution in [1.82, 2.24) is 20.6 Å². The first kappa shape index (κ1) is 11.5. The van der Waals surface area contributed by atoms with Gasteiger partial charge in [-0.15, -0.1) is 5.21 Å². The van der Waals surface area contributed by atoms with E-state index in [0.29, 0.717) is 11.3 Å². The number of rotatable bonds is 5. The quantitative estimate of drug-likeness (QED) is 0.623. The summed E-state index contributed by atoms with van der Waals surface area (Å²) < 4.78 is 5.23. The Bertz CT molecular complexity index is 558. The number of aromatic nitrogens is 4. The number of hydrogen-bond donors (Lipinski definition) is 1. The summed E-state index contributed by atoms with van der Waals surface area (Å²) in [6, 6.07) is 9.07. The van der Waals surface area contributed by atoms with Gasteiger partial charge in [-0.3, -0.25) is 20.8 Å². The number of tetrazole rings is 1. The number of para-hydroxylation sites is 1. The molecule has 0 radical (unpaired) electrons. The fourth-order valence-electron chi connectivity index (χ4n) is 1.17. The Hall–Kier alpha value is -2.95. The van der Waals surface area contributed by atoms with E-state index in [1.807, 2.05) is 12.1 Å². The molecule has 8 heteroatoms. The summed E-state index contributed by atoms with van der Waals surface area (Å²) in [5.74, 6) is 0.702. The number of nitrogens with zero attached hydrogens (tertiary/aromatic N) is 6. The predicted octanol–water partition coefficient (Wildman–Crippen LogP) is 1.14. The number of nitrogens with one attached hydrogen (secondary N) is 1. The molecule has 2 aromatic rings. The van der Waals surface area contributed by atoms with Gasteiger partial charge < -0.3 is 4.74 Å². The molecular weight excluding hydrogens is 234 g/mol.